The molecule has 1 aliphatic heterocycles. The van der Waals surface area contributed by atoms with Crippen molar-refractivity contribution in [2.75, 3.05) is 45.9 Å². The van der Waals surface area contributed by atoms with Gasteiger partial charge < -0.3 is 15.1 Å². The molecule has 100 valence electrons. The summed E-state index contributed by atoms with van der Waals surface area (Å²) in [6, 6.07) is 0. The highest BCUT2D eigenvalue weighted by Gasteiger charge is 2.26. The molecule has 4 heteroatoms. The van der Waals surface area contributed by atoms with Crippen molar-refractivity contribution in [1.29, 1.82) is 0 Å². The lowest BCUT2D eigenvalue weighted by molar-refractivity contribution is 0.0310. The molecule has 0 aromatic rings. The molecule has 17 heavy (non-hydrogen) atoms. The molecule has 0 aromatic carbocycles. The van der Waals surface area contributed by atoms with E-state index in [-0.39, 0.29) is 12.7 Å². The SMILES string of the molecule is OCCN1CCN(CC2CCCCC2O)CC1. The van der Waals surface area contributed by atoms with Crippen LogP contribution in [0.5, 0.6) is 0 Å². The first-order valence-electron chi connectivity index (χ1n) is 7.03. The van der Waals surface area contributed by atoms with Crippen molar-refractivity contribution in [1.82, 2.24) is 9.80 Å². The second-order valence-electron chi connectivity index (χ2n) is 5.48. The van der Waals surface area contributed by atoms with E-state index in [4.69, 9.17) is 5.11 Å². The van der Waals surface area contributed by atoms with Crippen LogP contribution in [0.4, 0.5) is 0 Å². The monoisotopic (exact) mass is 242 g/mol. The van der Waals surface area contributed by atoms with E-state index in [1.54, 1.807) is 0 Å². The van der Waals surface area contributed by atoms with Gasteiger partial charge in [0.2, 0.25) is 0 Å². The second kappa shape index (κ2) is 6.69. The second-order valence-corrected chi connectivity index (χ2v) is 5.48. The van der Waals surface area contributed by atoms with Gasteiger partial charge in [-0.1, -0.05) is 12.8 Å². The third-order valence-electron chi connectivity index (χ3n) is 4.24. The fourth-order valence-electron chi connectivity index (χ4n) is 3.07. The fourth-order valence-corrected chi connectivity index (χ4v) is 3.07. The van der Waals surface area contributed by atoms with E-state index in [1.807, 2.05) is 0 Å². The average molecular weight is 242 g/mol. The van der Waals surface area contributed by atoms with E-state index < -0.39 is 0 Å². The predicted molar refractivity (Wildman–Crippen MR) is 67.9 cm³/mol. The number of aliphatic hydroxyl groups is 2. The molecule has 0 radical (unpaired) electrons. The van der Waals surface area contributed by atoms with Crippen molar-refractivity contribution in [2.24, 2.45) is 5.92 Å². The van der Waals surface area contributed by atoms with Crippen molar-refractivity contribution in [3.8, 4) is 0 Å². The Hall–Kier alpha value is -0.160. The topological polar surface area (TPSA) is 46.9 Å². The number of aliphatic hydroxyl groups excluding tert-OH is 2. The zero-order valence-corrected chi connectivity index (χ0v) is 10.7. The summed E-state index contributed by atoms with van der Waals surface area (Å²) in [7, 11) is 0. The van der Waals surface area contributed by atoms with E-state index in [1.165, 1.54) is 19.3 Å². The van der Waals surface area contributed by atoms with Gasteiger partial charge in [0.15, 0.2) is 0 Å². The van der Waals surface area contributed by atoms with Crippen molar-refractivity contribution in [3.63, 3.8) is 0 Å². The van der Waals surface area contributed by atoms with Crippen LogP contribution in [-0.4, -0.2) is 72.0 Å². The first-order chi connectivity index (χ1) is 8.29. The molecular formula is C13H26N2O2. The third-order valence-corrected chi connectivity index (χ3v) is 4.24. The minimum absolute atomic E-state index is 0.0702. The molecule has 1 aliphatic carbocycles. The van der Waals surface area contributed by atoms with Crippen LogP contribution >= 0.6 is 0 Å². The van der Waals surface area contributed by atoms with Crippen molar-refractivity contribution >= 4 is 0 Å². The van der Waals surface area contributed by atoms with Crippen LogP contribution in [-0.2, 0) is 0 Å². The molecule has 1 heterocycles. The quantitative estimate of drug-likeness (QED) is 0.736. The fraction of sp³-hybridized carbons (Fsp3) is 1.00. The summed E-state index contributed by atoms with van der Waals surface area (Å²) in [4.78, 5) is 4.79. The molecule has 2 fully saturated rings. The number of nitrogens with zero attached hydrogens (tertiary/aromatic N) is 2. The molecule has 0 aromatic heterocycles. The Morgan fingerprint density at radius 2 is 1.59 bits per heavy atom. The molecule has 1 saturated carbocycles. The van der Waals surface area contributed by atoms with Gasteiger partial charge in [0.05, 0.1) is 12.7 Å². The van der Waals surface area contributed by atoms with Gasteiger partial charge in [-0.25, -0.2) is 0 Å². The largest absolute Gasteiger partial charge is 0.395 e. The lowest BCUT2D eigenvalue weighted by atomic mass is 9.86. The summed E-state index contributed by atoms with van der Waals surface area (Å²) < 4.78 is 0. The molecule has 2 N–H and O–H groups in total. The lowest BCUT2D eigenvalue weighted by Crippen LogP contribution is -2.49. The van der Waals surface area contributed by atoms with Crippen LogP contribution in [0.3, 0.4) is 0 Å². The summed E-state index contributed by atoms with van der Waals surface area (Å²) in [5, 5.41) is 18.9. The van der Waals surface area contributed by atoms with Gasteiger partial charge in [0, 0.05) is 39.3 Å². The Kier molecular flexibility index (Phi) is 5.22. The van der Waals surface area contributed by atoms with Crippen LogP contribution in [0.2, 0.25) is 0 Å². The molecule has 0 bridgehead atoms. The molecule has 0 amide bonds. The Labute approximate surface area is 104 Å². The summed E-state index contributed by atoms with van der Waals surface area (Å²) in [6.07, 6.45) is 4.60. The Balaban J connectivity index is 1.70. The number of rotatable bonds is 4. The van der Waals surface area contributed by atoms with Crippen molar-refractivity contribution < 1.29 is 10.2 Å². The Morgan fingerprint density at radius 3 is 2.24 bits per heavy atom. The van der Waals surface area contributed by atoms with Crippen LogP contribution in [0.1, 0.15) is 25.7 Å². The zero-order valence-electron chi connectivity index (χ0n) is 10.7. The highest BCUT2D eigenvalue weighted by Crippen LogP contribution is 2.25. The van der Waals surface area contributed by atoms with Gasteiger partial charge in [-0.05, 0) is 18.8 Å². The van der Waals surface area contributed by atoms with E-state index in [2.05, 4.69) is 9.80 Å². The first kappa shape index (κ1) is 13.3. The highest BCUT2D eigenvalue weighted by atomic mass is 16.3. The highest BCUT2D eigenvalue weighted by molar-refractivity contribution is 4.80. The maximum Gasteiger partial charge on any atom is 0.0580 e. The molecule has 2 aliphatic rings. The van der Waals surface area contributed by atoms with Gasteiger partial charge in [0.1, 0.15) is 0 Å². The smallest absolute Gasteiger partial charge is 0.0580 e. The summed E-state index contributed by atoms with van der Waals surface area (Å²) >= 11 is 0. The van der Waals surface area contributed by atoms with E-state index in [0.717, 1.165) is 45.7 Å². The van der Waals surface area contributed by atoms with Crippen LogP contribution in [0.15, 0.2) is 0 Å². The summed E-state index contributed by atoms with van der Waals surface area (Å²) in [5.74, 6) is 0.494. The van der Waals surface area contributed by atoms with Crippen molar-refractivity contribution in [3.05, 3.63) is 0 Å². The van der Waals surface area contributed by atoms with Gasteiger partial charge in [0.25, 0.3) is 0 Å². The average Bonchev–Trinajstić information content (AvgIpc) is 2.35. The minimum atomic E-state index is -0.0702. The maximum atomic E-state index is 9.97. The molecule has 2 unspecified atom stereocenters. The predicted octanol–water partition coefficient (Wildman–Crippen LogP) is 0.147. The normalized spacial score (nSPS) is 32.8. The summed E-state index contributed by atoms with van der Waals surface area (Å²) in [5.41, 5.74) is 0. The van der Waals surface area contributed by atoms with Crippen molar-refractivity contribution in [2.45, 2.75) is 31.8 Å². The van der Waals surface area contributed by atoms with E-state index >= 15 is 0 Å². The number of hydrogen-bond acceptors (Lipinski definition) is 4. The maximum absolute atomic E-state index is 9.97. The van der Waals surface area contributed by atoms with E-state index in [9.17, 15) is 5.11 Å². The number of hydrogen-bond donors (Lipinski definition) is 2. The number of β-amino-alcohol motifs (C(OH)–C–C–N with tert-alkyl or cyclic N) is 1. The molecule has 2 atom stereocenters. The van der Waals surface area contributed by atoms with Gasteiger partial charge in [-0.2, -0.15) is 0 Å². The third kappa shape index (κ3) is 3.91. The Morgan fingerprint density at radius 1 is 0.941 bits per heavy atom. The van der Waals surface area contributed by atoms with Crippen LogP contribution in [0, 0.1) is 5.92 Å². The molecule has 0 spiro atoms. The van der Waals surface area contributed by atoms with Crippen LogP contribution in [0.25, 0.3) is 0 Å². The molecule has 1 saturated heterocycles. The van der Waals surface area contributed by atoms with Gasteiger partial charge in [-0.3, -0.25) is 4.90 Å². The number of piperazine rings is 1. The van der Waals surface area contributed by atoms with E-state index in [0.29, 0.717) is 5.92 Å². The molecule has 4 nitrogen and oxygen atoms in total. The molecular weight excluding hydrogens is 216 g/mol. The standard InChI is InChI=1S/C13H26N2O2/c16-10-9-14-5-7-15(8-6-14)11-12-3-1-2-4-13(12)17/h12-13,16-17H,1-11H2. The minimum Gasteiger partial charge on any atom is -0.395 e. The zero-order chi connectivity index (χ0) is 12.1. The van der Waals surface area contributed by atoms with Crippen LogP contribution < -0.4 is 0 Å². The first-order valence-corrected chi connectivity index (χ1v) is 7.03. The lowest BCUT2D eigenvalue weighted by Gasteiger charge is -2.38. The Bertz CT molecular complexity index is 217. The molecule has 2 rings (SSSR count). The van der Waals surface area contributed by atoms with Gasteiger partial charge >= 0.3 is 0 Å². The van der Waals surface area contributed by atoms with Gasteiger partial charge in [-0.15, -0.1) is 0 Å². The summed E-state index contributed by atoms with van der Waals surface area (Å²) in [6.45, 7) is 6.43.